The quantitative estimate of drug-likeness (QED) is 0.402. The summed E-state index contributed by atoms with van der Waals surface area (Å²) in [5.41, 5.74) is 0.594. The van der Waals surface area contributed by atoms with Gasteiger partial charge in [0.05, 0.1) is 6.04 Å². The SMILES string of the molecule is C=C(Cl)/C=C\C=C(/F)C1C(C(=O)Nc2cccc(Cl)c2)N(CC(C)C)[C@@H](C)[C@H]1CNCC. The second-order valence-electron chi connectivity index (χ2n) is 8.63. The van der Waals surface area contributed by atoms with Crippen LogP contribution in [0.25, 0.3) is 0 Å². The highest BCUT2D eigenvalue weighted by atomic mass is 35.5. The molecule has 0 bridgehead atoms. The first-order valence-corrected chi connectivity index (χ1v) is 11.8. The topological polar surface area (TPSA) is 44.4 Å². The number of hydrogen-bond donors (Lipinski definition) is 2. The van der Waals surface area contributed by atoms with Crippen LogP contribution in [0, 0.1) is 17.8 Å². The van der Waals surface area contributed by atoms with E-state index in [0.29, 0.717) is 34.7 Å². The van der Waals surface area contributed by atoms with Crippen LogP contribution in [0.15, 0.2) is 59.9 Å². The minimum absolute atomic E-state index is 0.0164. The number of hydrogen-bond acceptors (Lipinski definition) is 3. The smallest absolute Gasteiger partial charge is 0.242 e. The van der Waals surface area contributed by atoms with E-state index in [0.717, 1.165) is 6.54 Å². The number of carbonyl (C=O) groups excluding carboxylic acids is 1. The van der Waals surface area contributed by atoms with Gasteiger partial charge in [-0.3, -0.25) is 9.69 Å². The zero-order valence-corrected chi connectivity index (χ0v) is 20.8. The molecule has 0 radical (unpaired) electrons. The van der Waals surface area contributed by atoms with Crippen molar-refractivity contribution in [2.75, 3.05) is 25.0 Å². The standard InChI is InChI=1S/C25H34Cl2FN3O/c1-6-29-14-21-18(5)31(15-16(2)3)24(23(21)22(28)12-7-9-17(4)26)25(32)30-20-11-8-10-19(27)13-20/h7-13,16,18,21,23-24,29H,4,6,14-15H2,1-3,5H3,(H,30,32)/b9-7-,22-12-/t18-,21+,23?,24?/m0/s1. The van der Waals surface area contributed by atoms with Crippen LogP contribution < -0.4 is 10.6 Å². The van der Waals surface area contributed by atoms with Crippen molar-refractivity contribution in [1.29, 1.82) is 0 Å². The van der Waals surface area contributed by atoms with E-state index in [-0.39, 0.29) is 23.7 Å². The van der Waals surface area contributed by atoms with Crippen LogP contribution in [0.3, 0.4) is 0 Å². The minimum atomic E-state index is -0.654. The summed E-state index contributed by atoms with van der Waals surface area (Å²) in [4.78, 5) is 15.7. The molecule has 1 aromatic carbocycles. The molecule has 176 valence electrons. The first-order valence-electron chi connectivity index (χ1n) is 11.1. The highest BCUT2D eigenvalue weighted by molar-refractivity contribution is 6.31. The lowest BCUT2D eigenvalue weighted by Gasteiger charge is -2.30. The molecule has 1 amide bonds. The average Bonchev–Trinajstić information content (AvgIpc) is 2.97. The number of halogens is 3. The Morgan fingerprint density at radius 3 is 2.69 bits per heavy atom. The third-order valence-corrected chi connectivity index (χ3v) is 6.08. The van der Waals surface area contributed by atoms with Gasteiger partial charge in [-0.15, -0.1) is 0 Å². The van der Waals surface area contributed by atoms with Crippen molar-refractivity contribution < 1.29 is 9.18 Å². The summed E-state index contributed by atoms with van der Waals surface area (Å²) in [5, 5.41) is 7.14. The Bertz CT molecular complexity index is 855. The Kier molecular flexibility index (Phi) is 10.4. The molecule has 32 heavy (non-hydrogen) atoms. The van der Waals surface area contributed by atoms with Crippen LogP contribution in [-0.2, 0) is 4.79 Å². The molecule has 2 unspecified atom stereocenters. The number of carbonyl (C=O) groups is 1. The molecule has 0 aromatic heterocycles. The van der Waals surface area contributed by atoms with Gasteiger partial charge in [-0.1, -0.05) is 62.7 Å². The zero-order valence-electron chi connectivity index (χ0n) is 19.2. The van der Waals surface area contributed by atoms with E-state index in [1.54, 1.807) is 24.3 Å². The Morgan fingerprint density at radius 1 is 1.38 bits per heavy atom. The first-order chi connectivity index (χ1) is 15.1. The van der Waals surface area contributed by atoms with E-state index in [9.17, 15) is 4.79 Å². The van der Waals surface area contributed by atoms with Gasteiger partial charge in [-0.2, -0.15) is 0 Å². The Morgan fingerprint density at radius 2 is 2.09 bits per heavy atom. The maximum absolute atomic E-state index is 15.6. The molecule has 0 saturated carbocycles. The van der Waals surface area contributed by atoms with Crippen molar-refractivity contribution in [3.8, 4) is 0 Å². The second-order valence-corrected chi connectivity index (χ2v) is 9.55. The van der Waals surface area contributed by atoms with Gasteiger partial charge in [0.25, 0.3) is 0 Å². The second kappa shape index (κ2) is 12.5. The fraction of sp³-hybridized carbons (Fsp3) is 0.480. The Balaban J connectivity index is 2.46. The number of likely N-dealkylation sites (tertiary alicyclic amines) is 1. The van der Waals surface area contributed by atoms with Gasteiger partial charge in [0.1, 0.15) is 5.83 Å². The largest absolute Gasteiger partial charge is 0.325 e. The number of allylic oxidation sites excluding steroid dienone is 4. The monoisotopic (exact) mass is 481 g/mol. The van der Waals surface area contributed by atoms with E-state index in [1.807, 2.05) is 6.92 Å². The van der Waals surface area contributed by atoms with Gasteiger partial charge in [-0.25, -0.2) is 4.39 Å². The number of amides is 1. The number of nitrogens with zero attached hydrogens (tertiary/aromatic N) is 1. The predicted octanol–water partition coefficient (Wildman–Crippen LogP) is 6.01. The van der Waals surface area contributed by atoms with E-state index >= 15 is 4.39 Å². The van der Waals surface area contributed by atoms with Crippen molar-refractivity contribution in [1.82, 2.24) is 10.2 Å². The number of benzene rings is 1. The van der Waals surface area contributed by atoms with Crippen molar-refractivity contribution in [2.24, 2.45) is 17.8 Å². The molecule has 1 heterocycles. The van der Waals surface area contributed by atoms with E-state index < -0.39 is 12.0 Å². The summed E-state index contributed by atoms with van der Waals surface area (Å²) in [6, 6.07) is 6.35. The molecule has 0 aliphatic carbocycles. The van der Waals surface area contributed by atoms with Crippen LogP contribution >= 0.6 is 23.2 Å². The molecule has 2 N–H and O–H groups in total. The van der Waals surface area contributed by atoms with Gasteiger partial charge in [0, 0.05) is 40.8 Å². The van der Waals surface area contributed by atoms with E-state index in [4.69, 9.17) is 23.2 Å². The first kappa shape index (κ1) is 26.6. The lowest BCUT2D eigenvalue weighted by atomic mass is 9.85. The van der Waals surface area contributed by atoms with Crippen molar-refractivity contribution in [3.05, 3.63) is 65.0 Å². The minimum Gasteiger partial charge on any atom is -0.325 e. The van der Waals surface area contributed by atoms with Gasteiger partial charge in [-0.05, 0) is 55.7 Å². The fourth-order valence-corrected chi connectivity index (χ4v) is 4.62. The third kappa shape index (κ3) is 7.17. The predicted molar refractivity (Wildman–Crippen MR) is 134 cm³/mol. The zero-order chi connectivity index (χ0) is 23.8. The number of rotatable bonds is 10. The maximum atomic E-state index is 15.6. The van der Waals surface area contributed by atoms with Crippen LogP contribution in [0.1, 0.15) is 27.7 Å². The molecular formula is C25H34Cl2FN3O. The van der Waals surface area contributed by atoms with Gasteiger partial charge < -0.3 is 10.6 Å². The number of anilines is 1. The van der Waals surface area contributed by atoms with Crippen molar-refractivity contribution in [2.45, 2.75) is 39.8 Å². The summed E-state index contributed by atoms with van der Waals surface area (Å²) >= 11 is 11.9. The summed E-state index contributed by atoms with van der Waals surface area (Å²) in [6.07, 6.45) is 4.46. The van der Waals surface area contributed by atoms with Gasteiger partial charge in [0.15, 0.2) is 0 Å². The normalized spacial score (nSPS) is 24.4. The molecule has 7 heteroatoms. The van der Waals surface area contributed by atoms with Crippen molar-refractivity contribution in [3.63, 3.8) is 0 Å². The molecule has 2 rings (SSSR count). The van der Waals surface area contributed by atoms with E-state index in [1.165, 1.54) is 18.2 Å². The Hall–Kier alpha value is -1.66. The molecule has 4 nitrogen and oxygen atoms in total. The molecule has 0 spiro atoms. The van der Waals surface area contributed by atoms with Crippen molar-refractivity contribution >= 4 is 34.8 Å². The molecule has 1 aromatic rings. The van der Waals surface area contributed by atoms with Crippen LogP contribution in [0.4, 0.5) is 10.1 Å². The molecule has 1 aliphatic heterocycles. The van der Waals surface area contributed by atoms with Crippen LogP contribution in [0.2, 0.25) is 5.02 Å². The van der Waals surface area contributed by atoms with Crippen LogP contribution in [-0.4, -0.2) is 42.5 Å². The third-order valence-electron chi connectivity index (χ3n) is 5.72. The average molecular weight is 482 g/mol. The summed E-state index contributed by atoms with van der Waals surface area (Å²) in [5.74, 6) is -0.934. The van der Waals surface area contributed by atoms with Crippen LogP contribution in [0.5, 0.6) is 0 Å². The highest BCUT2D eigenvalue weighted by Crippen LogP contribution is 2.41. The number of nitrogens with one attached hydrogen (secondary N) is 2. The summed E-state index contributed by atoms with van der Waals surface area (Å²) in [6.45, 7) is 14.0. The molecule has 1 aliphatic rings. The maximum Gasteiger partial charge on any atom is 0.242 e. The molecular weight excluding hydrogens is 448 g/mol. The van der Waals surface area contributed by atoms with Gasteiger partial charge in [0.2, 0.25) is 5.91 Å². The summed E-state index contributed by atoms with van der Waals surface area (Å²) in [7, 11) is 0. The molecule has 1 fully saturated rings. The highest BCUT2D eigenvalue weighted by Gasteiger charge is 2.51. The Labute approximate surface area is 201 Å². The molecule has 1 saturated heterocycles. The van der Waals surface area contributed by atoms with Gasteiger partial charge >= 0.3 is 0 Å². The molecule has 4 atom stereocenters. The fourth-order valence-electron chi connectivity index (χ4n) is 4.36. The summed E-state index contributed by atoms with van der Waals surface area (Å²) < 4.78 is 15.6. The lowest BCUT2D eigenvalue weighted by Crippen LogP contribution is -2.46. The van der Waals surface area contributed by atoms with E-state index in [2.05, 4.69) is 42.9 Å². The lowest BCUT2D eigenvalue weighted by molar-refractivity contribution is -0.121.